The maximum absolute atomic E-state index is 12.6. The van der Waals surface area contributed by atoms with Crippen LogP contribution in [0.5, 0.6) is 0 Å². The molecule has 0 radical (unpaired) electrons. The van der Waals surface area contributed by atoms with Gasteiger partial charge in [0.25, 0.3) is 5.91 Å². The van der Waals surface area contributed by atoms with Crippen LogP contribution in [0.25, 0.3) is 0 Å². The number of hydrogen-bond acceptors (Lipinski definition) is 2. The van der Waals surface area contributed by atoms with Crippen LogP contribution in [0.1, 0.15) is 28.0 Å². The molecule has 132 valence electrons. The van der Waals surface area contributed by atoms with E-state index < -0.39 is 5.97 Å². The van der Waals surface area contributed by atoms with Crippen LogP contribution >= 0.6 is 0 Å². The topological polar surface area (TPSA) is 71.3 Å². The van der Waals surface area contributed by atoms with Gasteiger partial charge in [0.15, 0.2) is 0 Å². The zero-order valence-corrected chi connectivity index (χ0v) is 14.3. The number of amides is 1. The first-order chi connectivity index (χ1) is 12.6. The lowest BCUT2D eigenvalue weighted by Gasteiger charge is -2.11. The summed E-state index contributed by atoms with van der Waals surface area (Å²) in [7, 11) is 0. The number of carboxylic acids is 1. The largest absolute Gasteiger partial charge is 0.481 e. The van der Waals surface area contributed by atoms with E-state index in [1.807, 2.05) is 65.4 Å². The molecule has 0 spiro atoms. The summed E-state index contributed by atoms with van der Waals surface area (Å²) in [5.74, 6) is -1.03. The second-order valence-corrected chi connectivity index (χ2v) is 6.06. The van der Waals surface area contributed by atoms with Gasteiger partial charge in [0.1, 0.15) is 5.69 Å². The van der Waals surface area contributed by atoms with Crippen LogP contribution in [0, 0.1) is 0 Å². The van der Waals surface area contributed by atoms with Gasteiger partial charge in [-0.1, -0.05) is 42.5 Å². The number of nitrogens with one attached hydrogen (secondary N) is 1. The predicted molar refractivity (Wildman–Crippen MR) is 100 cm³/mol. The van der Waals surface area contributed by atoms with Crippen molar-refractivity contribution >= 4 is 17.6 Å². The third kappa shape index (κ3) is 4.60. The van der Waals surface area contributed by atoms with Crippen molar-refractivity contribution in [3.63, 3.8) is 0 Å². The fraction of sp³-hybridized carbons (Fsp3) is 0.143. The molecule has 0 aliphatic carbocycles. The molecule has 0 bridgehead atoms. The van der Waals surface area contributed by atoms with Crippen molar-refractivity contribution in [1.82, 2.24) is 4.57 Å². The second kappa shape index (κ2) is 8.16. The van der Waals surface area contributed by atoms with Gasteiger partial charge in [-0.2, -0.15) is 0 Å². The highest BCUT2D eigenvalue weighted by Crippen LogP contribution is 2.15. The van der Waals surface area contributed by atoms with E-state index in [-0.39, 0.29) is 12.3 Å². The van der Waals surface area contributed by atoms with Crippen molar-refractivity contribution in [2.24, 2.45) is 0 Å². The van der Waals surface area contributed by atoms with Gasteiger partial charge in [-0.3, -0.25) is 9.59 Å². The Hall–Kier alpha value is -3.34. The molecular formula is C21H20N2O3. The molecule has 5 nitrogen and oxygen atoms in total. The van der Waals surface area contributed by atoms with Gasteiger partial charge in [-0.05, 0) is 41.8 Å². The lowest BCUT2D eigenvalue weighted by Crippen LogP contribution is -2.17. The highest BCUT2D eigenvalue weighted by Gasteiger charge is 2.12. The van der Waals surface area contributed by atoms with Crippen molar-refractivity contribution in [3.05, 3.63) is 89.7 Å². The average Bonchev–Trinajstić information content (AvgIpc) is 3.09. The van der Waals surface area contributed by atoms with Crippen molar-refractivity contribution in [2.75, 3.05) is 5.32 Å². The molecule has 1 heterocycles. The molecule has 2 aromatic carbocycles. The fourth-order valence-electron chi connectivity index (χ4n) is 2.79. The quantitative estimate of drug-likeness (QED) is 0.682. The van der Waals surface area contributed by atoms with Gasteiger partial charge in [-0.25, -0.2) is 0 Å². The summed E-state index contributed by atoms with van der Waals surface area (Å²) in [6.45, 7) is 0.620. The van der Waals surface area contributed by atoms with Gasteiger partial charge >= 0.3 is 5.97 Å². The molecule has 3 aromatic rings. The number of carboxylic acid groups (broad SMARTS) is 1. The van der Waals surface area contributed by atoms with Crippen LogP contribution in [0.4, 0.5) is 5.69 Å². The number of hydrogen-bond donors (Lipinski definition) is 2. The summed E-state index contributed by atoms with van der Waals surface area (Å²) >= 11 is 0. The highest BCUT2D eigenvalue weighted by atomic mass is 16.4. The Labute approximate surface area is 151 Å². The molecule has 26 heavy (non-hydrogen) atoms. The number of aryl methyl sites for hydroxylation is 1. The maximum atomic E-state index is 12.6. The molecule has 5 heteroatoms. The van der Waals surface area contributed by atoms with E-state index in [4.69, 9.17) is 5.11 Å². The highest BCUT2D eigenvalue weighted by molar-refractivity contribution is 6.03. The zero-order valence-electron chi connectivity index (χ0n) is 14.3. The molecule has 0 unspecified atom stereocenters. The molecule has 0 aliphatic heterocycles. The molecule has 0 saturated heterocycles. The minimum Gasteiger partial charge on any atom is -0.481 e. The summed E-state index contributed by atoms with van der Waals surface area (Å²) in [4.78, 5) is 23.3. The van der Waals surface area contributed by atoms with Crippen molar-refractivity contribution in [2.45, 2.75) is 19.4 Å². The summed E-state index contributed by atoms with van der Waals surface area (Å²) in [5.41, 5.74) is 3.23. The summed E-state index contributed by atoms with van der Waals surface area (Å²) in [5, 5.41) is 11.7. The number of aliphatic carboxylic acids is 1. The normalized spacial score (nSPS) is 10.5. The van der Waals surface area contributed by atoms with E-state index in [1.54, 1.807) is 12.1 Å². The number of aromatic nitrogens is 1. The van der Waals surface area contributed by atoms with Gasteiger partial charge in [0.05, 0.1) is 0 Å². The lowest BCUT2D eigenvalue weighted by atomic mass is 10.1. The van der Waals surface area contributed by atoms with Gasteiger partial charge in [0.2, 0.25) is 0 Å². The number of rotatable bonds is 7. The van der Waals surface area contributed by atoms with Crippen molar-refractivity contribution in [3.8, 4) is 0 Å². The Bertz CT molecular complexity index is 900. The molecule has 1 aromatic heterocycles. The lowest BCUT2D eigenvalue weighted by molar-refractivity contribution is -0.136. The van der Waals surface area contributed by atoms with Crippen LogP contribution < -0.4 is 5.32 Å². The smallest absolute Gasteiger partial charge is 0.303 e. The van der Waals surface area contributed by atoms with Crippen LogP contribution in [0.3, 0.4) is 0 Å². The van der Waals surface area contributed by atoms with E-state index in [1.165, 1.54) is 0 Å². The van der Waals surface area contributed by atoms with E-state index in [9.17, 15) is 9.59 Å². The summed E-state index contributed by atoms with van der Waals surface area (Å²) < 4.78 is 1.90. The number of anilines is 1. The van der Waals surface area contributed by atoms with E-state index in [0.717, 1.165) is 11.1 Å². The second-order valence-electron chi connectivity index (χ2n) is 6.06. The first kappa shape index (κ1) is 17.5. The van der Waals surface area contributed by atoms with Crippen LogP contribution in [-0.4, -0.2) is 21.6 Å². The summed E-state index contributed by atoms with van der Waals surface area (Å²) in [6.07, 6.45) is 2.38. The summed E-state index contributed by atoms with van der Waals surface area (Å²) in [6, 6.07) is 20.9. The molecule has 2 N–H and O–H groups in total. The number of carbonyl (C=O) groups is 2. The predicted octanol–water partition coefficient (Wildman–Crippen LogP) is 3.81. The van der Waals surface area contributed by atoms with E-state index in [2.05, 4.69) is 5.32 Å². The first-order valence-corrected chi connectivity index (χ1v) is 8.43. The van der Waals surface area contributed by atoms with Crippen molar-refractivity contribution < 1.29 is 14.7 Å². The van der Waals surface area contributed by atoms with E-state index >= 15 is 0 Å². The fourth-order valence-corrected chi connectivity index (χ4v) is 2.79. The maximum Gasteiger partial charge on any atom is 0.303 e. The molecular weight excluding hydrogens is 328 g/mol. The molecule has 3 rings (SSSR count). The van der Waals surface area contributed by atoms with Gasteiger partial charge < -0.3 is 15.0 Å². The Morgan fingerprint density at radius 3 is 2.46 bits per heavy atom. The van der Waals surface area contributed by atoms with Gasteiger partial charge in [0, 0.05) is 24.8 Å². The van der Waals surface area contributed by atoms with Crippen LogP contribution in [0.2, 0.25) is 0 Å². The minimum atomic E-state index is -0.835. The average molecular weight is 348 g/mol. The van der Waals surface area contributed by atoms with Crippen LogP contribution in [-0.2, 0) is 17.8 Å². The molecule has 1 amide bonds. The third-order valence-electron chi connectivity index (χ3n) is 4.07. The van der Waals surface area contributed by atoms with Crippen LogP contribution in [0.15, 0.2) is 72.9 Å². The number of nitrogens with zero attached hydrogens (tertiary/aromatic N) is 1. The Balaban J connectivity index is 1.70. The van der Waals surface area contributed by atoms with Gasteiger partial charge in [-0.15, -0.1) is 0 Å². The first-order valence-electron chi connectivity index (χ1n) is 8.43. The molecule has 0 aliphatic rings. The molecule has 0 saturated carbocycles. The Morgan fingerprint density at radius 1 is 0.923 bits per heavy atom. The Kier molecular flexibility index (Phi) is 5.49. The Morgan fingerprint density at radius 2 is 1.69 bits per heavy atom. The minimum absolute atomic E-state index is 0.0668. The monoisotopic (exact) mass is 348 g/mol. The standard InChI is InChI=1S/C21H20N2O3/c24-20(25)12-11-16-8-4-9-18(14-16)22-21(26)19-10-5-13-23(19)15-17-6-2-1-3-7-17/h1-10,13-14H,11-12,15H2,(H,22,26)(H,24,25). The molecule has 0 atom stereocenters. The van der Waals surface area contributed by atoms with E-state index in [0.29, 0.717) is 24.3 Å². The SMILES string of the molecule is O=C(O)CCc1cccc(NC(=O)c2cccn2Cc2ccccc2)c1. The zero-order chi connectivity index (χ0) is 18.4. The third-order valence-corrected chi connectivity index (χ3v) is 4.07. The number of benzene rings is 2. The van der Waals surface area contributed by atoms with Crippen molar-refractivity contribution in [1.29, 1.82) is 0 Å². The molecule has 0 fully saturated rings. The number of carbonyl (C=O) groups excluding carboxylic acids is 1.